The zero-order valence-corrected chi connectivity index (χ0v) is 18.3. The van der Waals surface area contributed by atoms with Crippen LogP contribution in [0.2, 0.25) is 0 Å². The predicted octanol–water partition coefficient (Wildman–Crippen LogP) is 3.68. The molecule has 3 aromatic rings. The number of methoxy groups -OCH3 is 4. The summed E-state index contributed by atoms with van der Waals surface area (Å²) in [6, 6.07) is 11.4. The monoisotopic (exact) mass is 412 g/mol. The Bertz CT molecular complexity index is 1040. The molecule has 0 aliphatic heterocycles. The third-order valence-corrected chi connectivity index (χ3v) is 5.10. The zero-order chi connectivity index (χ0) is 21.8. The molecule has 0 amide bonds. The van der Waals surface area contributed by atoms with Crippen LogP contribution in [0.3, 0.4) is 0 Å². The van der Waals surface area contributed by atoms with Crippen molar-refractivity contribution in [1.82, 2.24) is 9.47 Å². The molecule has 0 saturated carbocycles. The van der Waals surface area contributed by atoms with Gasteiger partial charge in [0.15, 0.2) is 11.5 Å². The molecule has 0 bridgehead atoms. The summed E-state index contributed by atoms with van der Waals surface area (Å²) >= 11 is 0. The van der Waals surface area contributed by atoms with Gasteiger partial charge in [0.2, 0.25) is 0 Å². The van der Waals surface area contributed by atoms with E-state index in [0.717, 1.165) is 34.3 Å². The van der Waals surface area contributed by atoms with Crippen LogP contribution in [0.1, 0.15) is 10.5 Å². The fraction of sp³-hybridized carbons (Fsp3) is 0.348. The molecule has 0 saturated heterocycles. The normalized spacial score (nSPS) is 11.0. The van der Waals surface area contributed by atoms with Crippen molar-refractivity contribution in [1.29, 1.82) is 0 Å². The van der Waals surface area contributed by atoms with Gasteiger partial charge in [-0.1, -0.05) is 12.1 Å². The van der Waals surface area contributed by atoms with Crippen LogP contribution in [0.15, 0.2) is 36.4 Å². The molecule has 7 nitrogen and oxygen atoms in total. The van der Waals surface area contributed by atoms with Gasteiger partial charge in [0.25, 0.3) is 0 Å². The second-order valence-electron chi connectivity index (χ2n) is 7.12. The third kappa shape index (κ3) is 3.93. The number of fused-ring (bicyclic) bond motifs is 1. The Morgan fingerprint density at radius 1 is 0.933 bits per heavy atom. The largest absolute Gasteiger partial charge is 0.497 e. The molecule has 0 unspecified atom stereocenters. The van der Waals surface area contributed by atoms with Gasteiger partial charge in [0, 0.05) is 30.1 Å². The van der Waals surface area contributed by atoms with Crippen molar-refractivity contribution >= 4 is 16.9 Å². The second kappa shape index (κ2) is 9.09. The summed E-state index contributed by atoms with van der Waals surface area (Å²) in [6.07, 6.45) is 0. The maximum atomic E-state index is 12.9. The first-order chi connectivity index (χ1) is 14.4. The van der Waals surface area contributed by atoms with Crippen LogP contribution in [-0.4, -0.2) is 64.5 Å². The molecule has 2 aromatic carbocycles. The Hall–Kier alpha value is -3.19. The molecule has 3 rings (SSSR count). The van der Waals surface area contributed by atoms with Crippen LogP contribution in [0.25, 0.3) is 22.0 Å². The van der Waals surface area contributed by atoms with Gasteiger partial charge < -0.3 is 28.4 Å². The Morgan fingerprint density at radius 3 is 2.10 bits per heavy atom. The first-order valence-corrected chi connectivity index (χ1v) is 9.60. The van der Waals surface area contributed by atoms with E-state index < -0.39 is 5.97 Å². The number of carbonyl (C=O) groups excluding carboxylic acids is 1. The molecule has 7 heteroatoms. The molecule has 0 aliphatic carbocycles. The van der Waals surface area contributed by atoms with Crippen molar-refractivity contribution in [3.63, 3.8) is 0 Å². The maximum Gasteiger partial charge on any atom is 0.355 e. The average Bonchev–Trinajstić information content (AvgIpc) is 3.09. The highest BCUT2D eigenvalue weighted by Crippen LogP contribution is 2.41. The maximum absolute atomic E-state index is 12.9. The lowest BCUT2D eigenvalue weighted by Crippen LogP contribution is -2.21. The number of benzene rings is 2. The van der Waals surface area contributed by atoms with E-state index in [0.29, 0.717) is 23.7 Å². The topological polar surface area (TPSA) is 62.2 Å². The highest BCUT2D eigenvalue weighted by atomic mass is 16.5. The Kier molecular flexibility index (Phi) is 6.52. The Morgan fingerprint density at radius 2 is 1.57 bits per heavy atom. The molecule has 0 atom stereocenters. The fourth-order valence-electron chi connectivity index (χ4n) is 3.57. The van der Waals surface area contributed by atoms with Crippen molar-refractivity contribution in [3.05, 3.63) is 42.1 Å². The van der Waals surface area contributed by atoms with Crippen molar-refractivity contribution in [3.8, 4) is 28.4 Å². The summed E-state index contributed by atoms with van der Waals surface area (Å²) in [4.78, 5) is 15.0. The van der Waals surface area contributed by atoms with E-state index in [9.17, 15) is 4.79 Å². The average molecular weight is 412 g/mol. The van der Waals surface area contributed by atoms with Crippen molar-refractivity contribution in [2.45, 2.75) is 6.54 Å². The number of hydrogen-bond donors (Lipinski definition) is 0. The van der Waals surface area contributed by atoms with Crippen LogP contribution >= 0.6 is 0 Å². The molecule has 0 spiro atoms. The summed E-state index contributed by atoms with van der Waals surface area (Å²) in [5.41, 5.74) is 3.05. The molecule has 0 radical (unpaired) electrons. The van der Waals surface area contributed by atoms with Crippen LogP contribution < -0.4 is 14.2 Å². The van der Waals surface area contributed by atoms with Gasteiger partial charge in [-0.05, 0) is 37.9 Å². The molecule has 0 N–H and O–H groups in total. The number of ether oxygens (including phenoxy) is 4. The predicted molar refractivity (Wildman–Crippen MR) is 117 cm³/mol. The van der Waals surface area contributed by atoms with Gasteiger partial charge >= 0.3 is 5.97 Å². The molecule has 1 heterocycles. The number of aromatic nitrogens is 1. The quantitative estimate of drug-likeness (QED) is 0.526. The van der Waals surface area contributed by atoms with Crippen molar-refractivity contribution < 1.29 is 23.7 Å². The van der Waals surface area contributed by atoms with Crippen LogP contribution in [0, 0.1) is 0 Å². The number of carbonyl (C=O) groups is 1. The smallest absolute Gasteiger partial charge is 0.355 e. The summed E-state index contributed by atoms with van der Waals surface area (Å²) in [7, 11) is 10.2. The van der Waals surface area contributed by atoms with E-state index in [-0.39, 0.29) is 0 Å². The minimum atomic E-state index is -0.395. The number of likely N-dealkylation sites (N-methyl/N-ethyl adjacent to an activating group) is 1. The van der Waals surface area contributed by atoms with E-state index in [2.05, 4.69) is 4.90 Å². The highest BCUT2D eigenvalue weighted by Gasteiger charge is 2.26. The summed E-state index contributed by atoms with van der Waals surface area (Å²) in [5.74, 6) is 1.55. The summed E-state index contributed by atoms with van der Waals surface area (Å²) in [5, 5.41) is 0.886. The molecular weight excluding hydrogens is 384 g/mol. The summed E-state index contributed by atoms with van der Waals surface area (Å²) < 4.78 is 23.5. The Balaban J connectivity index is 2.38. The Labute approximate surface area is 176 Å². The fourth-order valence-corrected chi connectivity index (χ4v) is 3.57. The zero-order valence-electron chi connectivity index (χ0n) is 18.3. The highest BCUT2D eigenvalue weighted by molar-refractivity contribution is 6.09. The summed E-state index contributed by atoms with van der Waals surface area (Å²) in [6.45, 7) is 1.36. The molecule has 30 heavy (non-hydrogen) atoms. The lowest BCUT2D eigenvalue weighted by atomic mass is 10.0. The number of rotatable bonds is 8. The van der Waals surface area contributed by atoms with E-state index in [1.54, 1.807) is 21.3 Å². The lowest BCUT2D eigenvalue weighted by molar-refractivity contribution is 0.0589. The van der Waals surface area contributed by atoms with E-state index in [1.807, 2.05) is 55.1 Å². The van der Waals surface area contributed by atoms with Gasteiger partial charge in [-0.15, -0.1) is 0 Å². The number of hydrogen-bond acceptors (Lipinski definition) is 6. The molecule has 160 valence electrons. The minimum Gasteiger partial charge on any atom is -0.497 e. The first kappa shape index (κ1) is 21.5. The van der Waals surface area contributed by atoms with Gasteiger partial charge in [0.1, 0.15) is 11.4 Å². The van der Waals surface area contributed by atoms with E-state index in [4.69, 9.17) is 18.9 Å². The van der Waals surface area contributed by atoms with Crippen LogP contribution in [0.4, 0.5) is 0 Å². The lowest BCUT2D eigenvalue weighted by Gasteiger charge is -2.15. The minimum absolute atomic E-state index is 0.395. The molecule has 0 fully saturated rings. The van der Waals surface area contributed by atoms with E-state index >= 15 is 0 Å². The molecule has 1 aromatic heterocycles. The number of nitrogens with zero attached hydrogens (tertiary/aromatic N) is 2. The third-order valence-electron chi connectivity index (χ3n) is 5.10. The number of esters is 1. The van der Waals surface area contributed by atoms with Crippen molar-refractivity contribution in [2.75, 3.05) is 49.1 Å². The SMILES string of the molecule is COC(=O)c1c(-c2ccc(OC)cc2)c2cc(OC)c(OC)cc2n1CCN(C)C. The van der Waals surface area contributed by atoms with Gasteiger partial charge in [-0.3, -0.25) is 0 Å². The van der Waals surface area contributed by atoms with Gasteiger partial charge in [0.05, 0.1) is 34.0 Å². The molecular formula is C23H28N2O5. The first-order valence-electron chi connectivity index (χ1n) is 9.60. The van der Waals surface area contributed by atoms with Crippen molar-refractivity contribution in [2.24, 2.45) is 0 Å². The van der Waals surface area contributed by atoms with Crippen LogP contribution in [-0.2, 0) is 11.3 Å². The molecule has 0 aliphatic rings. The van der Waals surface area contributed by atoms with Gasteiger partial charge in [-0.2, -0.15) is 0 Å². The second-order valence-corrected chi connectivity index (χ2v) is 7.12. The van der Waals surface area contributed by atoms with E-state index in [1.165, 1.54) is 7.11 Å². The van der Waals surface area contributed by atoms with Gasteiger partial charge in [-0.25, -0.2) is 4.79 Å². The van der Waals surface area contributed by atoms with Crippen LogP contribution in [0.5, 0.6) is 17.2 Å². The standard InChI is InChI=1S/C23H28N2O5/c1-24(2)11-12-25-18-14-20(29-5)19(28-4)13-17(18)21(22(25)23(26)30-6)15-7-9-16(27-3)10-8-15/h7-10,13-14H,11-12H2,1-6H3.